The molecule has 0 radical (unpaired) electrons. The summed E-state index contributed by atoms with van der Waals surface area (Å²) in [5.74, 6) is 0. The van der Waals surface area contributed by atoms with Gasteiger partial charge < -0.3 is 9.64 Å². The molecule has 5 heteroatoms. The van der Waals surface area contributed by atoms with E-state index in [0.29, 0.717) is 6.61 Å². The van der Waals surface area contributed by atoms with E-state index in [2.05, 4.69) is 84.3 Å². The average Bonchev–Trinajstić information content (AvgIpc) is 2.80. The minimum Gasteiger partial charge on any atom is -0.448 e. The van der Waals surface area contributed by atoms with Crippen LogP contribution in [0, 0.1) is 0 Å². The maximum absolute atomic E-state index is 12.7. The Hall–Kier alpha value is -2.37. The highest BCUT2D eigenvalue weighted by Gasteiger charge is 2.29. The molecule has 2 aromatic rings. The van der Waals surface area contributed by atoms with Crippen molar-refractivity contribution in [1.29, 1.82) is 0 Å². The molecule has 5 nitrogen and oxygen atoms in total. The highest BCUT2D eigenvalue weighted by molar-refractivity contribution is 5.67. The molecule has 0 spiro atoms. The molecule has 1 fully saturated rings. The molecule has 1 amide bonds. The standard InChI is InChI=1S/C26H37N3O2/c1-3-15-28(16-4-2)26(30)31-22-25-21-27(19-23-11-7-5-8-12-23)17-18-29(25)20-24-13-9-6-10-14-24/h5-14,25H,3-4,15-22H2,1-2H3. The van der Waals surface area contributed by atoms with Crippen molar-refractivity contribution in [3.8, 4) is 0 Å². The number of hydrogen-bond acceptors (Lipinski definition) is 4. The van der Waals surface area contributed by atoms with Crippen LogP contribution in [-0.2, 0) is 17.8 Å². The van der Waals surface area contributed by atoms with Crippen LogP contribution < -0.4 is 0 Å². The van der Waals surface area contributed by atoms with Gasteiger partial charge in [-0.15, -0.1) is 0 Å². The minimum absolute atomic E-state index is 0.177. The first-order valence-electron chi connectivity index (χ1n) is 11.7. The van der Waals surface area contributed by atoms with Gasteiger partial charge in [0, 0.05) is 45.8 Å². The van der Waals surface area contributed by atoms with Gasteiger partial charge in [-0.25, -0.2) is 4.79 Å². The summed E-state index contributed by atoms with van der Waals surface area (Å²) in [6, 6.07) is 21.4. The van der Waals surface area contributed by atoms with E-state index in [1.54, 1.807) is 0 Å². The molecule has 1 saturated heterocycles. The van der Waals surface area contributed by atoms with Crippen LogP contribution in [0.3, 0.4) is 0 Å². The number of piperazine rings is 1. The molecular weight excluding hydrogens is 386 g/mol. The maximum atomic E-state index is 12.7. The fraction of sp³-hybridized carbons (Fsp3) is 0.500. The molecule has 0 aliphatic carbocycles. The van der Waals surface area contributed by atoms with Crippen LogP contribution in [0.5, 0.6) is 0 Å². The quantitative estimate of drug-likeness (QED) is 0.558. The molecule has 2 aromatic carbocycles. The van der Waals surface area contributed by atoms with Gasteiger partial charge >= 0.3 is 6.09 Å². The lowest BCUT2D eigenvalue weighted by atomic mass is 10.1. The first-order chi connectivity index (χ1) is 15.2. The van der Waals surface area contributed by atoms with Gasteiger partial charge in [0.2, 0.25) is 0 Å². The molecular formula is C26H37N3O2. The van der Waals surface area contributed by atoms with Gasteiger partial charge in [0.05, 0.1) is 6.04 Å². The van der Waals surface area contributed by atoms with Crippen LogP contribution in [0.1, 0.15) is 37.8 Å². The van der Waals surface area contributed by atoms with E-state index in [-0.39, 0.29) is 12.1 Å². The second-order valence-electron chi connectivity index (χ2n) is 8.39. The summed E-state index contributed by atoms with van der Waals surface area (Å²) in [6.07, 6.45) is 1.72. The number of benzene rings is 2. The summed E-state index contributed by atoms with van der Waals surface area (Å²) >= 11 is 0. The predicted octanol–water partition coefficient (Wildman–Crippen LogP) is 4.63. The van der Waals surface area contributed by atoms with Crippen LogP contribution in [0.2, 0.25) is 0 Å². The molecule has 0 bridgehead atoms. The van der Waals surface area contributed by atoms with Crippen LogP contribution >= 0.6 is 0 Å². The third-order valence-electron chi connectivity index (χ3n) is 5.81. The van der Waals surface area contributed by atoms with Gasteiger partial charge in [0.25, 0.3) is 0 Å². The normalized spacial score (nSPS) is 17.4. The van der Waals surface area contributed by atoms with Crippen molar-refractivity contribution in [2.75, 3.05) is 39.3 Å². The number of hydrogen-bond donors (Lipinski definition) is 0. The first-order valence-corrected chi connectivity index (χ1v) is 11.7. The second-order valence-corrected chi connectivity index (χ2v) is 8.39. The third-order valence-corrected chi connectivity index (χ3v) is 5.81. The average molecular weight is 424 g/mol. The lowest BCUT2D eigenvalue weighted by Crippen LogP contribution is -2.54. The van der Waals surface area contributed by atoms with E-state index < -0.39 is 0 Å². The molecule has 168 valence electrons. The molecule has 3 rings (SSSR count). The molecule has 1 aliphatic heterocycles. The zero-order valence-corrected chi connectivity index (χ0v) is 19.1. The van der Waals surface area contributed by atoms with Gasteiger partial charge in [0.1, 0.15) is 6.61 Å². The van der Waals surface area contributed by atoms with E-state index in [1.807, 2.05) is 4.90 Å². The van der Waals surface area contributed by atoms with Gasteiger partial charge in [-0.3, -0.25) is 9.80 Å². The number of carbonyl (C=O) groups is 1. The Morgan fingerprint density at radius 1 is 0.903 bits per heavy atom. The highest BCUT2D eigenvalue weighted by atomic mass is 16.6. The summed E-state index contributed by atoms with van der Waals surface area (Å²) in [6.45, 7) is 10.8. The Bertz CT molecular complexity index is 763. The third kappa shape index (κ3) is 7.37. The van der Waals surface area contributed by atoms with Crippen LogP contribution in [0.25, 0.3) is 0 Å². The second kappa shape index (κ2) is 12.5. The summed E-state index contributed by atoms with van der Waals surface area (Å²) in [5.41, 5.74) is 2.63. The van der Waals surface area contributed by atoms with E-state index in [4.69, 9.17) is 4.74 Å². The van der Waals surface area contributed by atoms with Gasteiger partial charge in [-0.05, 0) is 24.0 Å². The summed E-state index contributed by atoms with van der Waals surface area (Å²) in [7, 11) is 0. The topological polar surface area (TPSA) is 36.0 Å². The summed E-state index contributed by atoms with van der Waals surface area (Å²) in [5, 5.41) is 0. The van der Waals surface area contributed by atoms with Crippen LogP contribution in [0.4, 0.5) is 4.79 Å². The SMILES string of the molecule is CCCN(CCC)C(=O)OCC1CN(Cc2ccccc2)CCN1Cc1ccccc1. The minimum atomic E-state index is -0.177. The zero-order chi connectivity index (χ0) is 21.9. The summed E-state index contributed by atoms with van der Waals surface area (Å²) in [4.78, 5) is 19.5. The number of ether oxygens (including phenoxy) is 1. The molecule has 0 aromatic heterocycles. The Balaban J connectivity index is 1.64. The Kier molecular flexibility index (Phi) is 9.38. The maximum Gasteiger partial charge on any atom is 0.409 e. The molecule has 1 unspecified atom stereocenters. The Morgan fingerprint density at radius 2 is 1.48 bits per heavy atom. The van der Waals surface area contributed by atoms with Crippen molar-refractivity contribution >= 4 is 6.09 Å². The van der Waals surface area contributed by atoms with Crippen molar-refractivity contribution in [2.45, 2.75) is 45.8 Å². The summed E-state index contributed by atoms with van der Waals surface area (Å²) < 4.78 is 5.83. The predicted molar refractivity (Wildman–Crippen MR) is 126 cm³/mol. The molecule has 0 N–H and O–H groups in total. The van der Waals surface area contributed by atoms with Crippen molar-refractivity contribution in [1.82, 2.24) is 14.7 Å². The molecule has 1 atom stereocenters. The smallest absolute Gasteiger partial charge is 0.409 e. The number of amides is 1. The van der Waals surface area contributed by atoms with Crippen molar-refractivity contribution in [3.05, 3.63) is 71.8 Å². The van der Waals surface area contributed by atoms with Gasteiger partial charge in [-0.1, -0.05) is 74.5 Å². The van der Waals surface area contributed by atoms with E-state index in [0.717, 1.165) is 58.7 Å². The molecule has 31 heavy (non-hydrogen) atoms. The van der Waals surface area contributed by atoms with Crippen molar-refractivity contribution < 1.29 is 9.53 Å². The van der Waals surface area contributed by atoms with Crippen molar-refractivity contribution in [2.24, 2.45) is 0 Å². The van der Waals surface area contributed by atoms with E-state index in [9.17, 15) is 4.79 Å². The lowest BCUT2D eigenvalue weighted by molar-refractivity contribution is 0.0145. The highest BCUT2D eigenvalue weighted by Crippen LogP contribution is 2.17. The molecule has 1 heterocycles. The first kappa shape index (κ1) is 23.3. The number of rotatable bonds is 10. The molecule has 1 aliphatic rings. The van der Waals surface area contributed by atoms with E-state index in [1.165, 1.54) is 11.1 Å². The van der Waals surface area contributed by atoms with Crippen LogP contribution in [-0.4, -0.2) is 66.2 Å². The monoisotopic (exact) mass is 423 g/mol. The zero-order valence-electron chi connectivity index (χ0n) is 19.1. The number of nitrogens with zero attached hydrogens (tertiary/aromatic N) is 3. The Labute approximate surface area is 187 Å². The fourth-order valence-electron chi connectivity index (χ4n) is 4.22. The lowest BCUT2D eigenvalue weighted by Gasteiger charge is -2.41. The van der Waals surface area contributed by atoms with Gasteiger partial charge in [0.15, 0.2) is 0 Å². The van der Waals surface area contributed by atoms with E-state index >= 15 is 0 Å². The number of carbonyl (C=O) groups excluding carboxylic acids is 1. The Morgan fingerprint density at radius 3 is 2.06 bits per heavy atom. The van der Waals surface area contributed by atoms with Crippen LogP contribution in [0.15, 0.2) is 60.7 Å². The van der Waals surface area contributed by atoms with Gasteiger partial charge in [-0.2, -0.15) is 0 Å². The largest absolute Gasteiger partial charge is 0.448 e. The van der Waals surface area contributed by atoms with Crippen molar-refractivity contribution in [3.63, 3.8) is 0 Å². The molecule has 0 saturated carbocycles. The fourth-order valence-corrected chi connectivity index (χ4v) is 4.22.